The van der Waals surface area contributed by atoms with Crippen molar-refractivity contribution >= 4 is 17.6 Å². The summed E-state index contributed by atoms with van der Waals surface area (Å²) in [5.41, 5.74) is 1.52. The summed E-state index contributed by atoms with van der Waals surface area (Å²) in [7, 11) is 0. The molecule has 0 aromatic heterocycles. The monoisotopic (exact) mass is 370 g/mol. The molecular weight excluding hydrogens is 352 g/mol. The van der Waals surface area contributed by atoms with E-state index in [-0.39, 0.29) is 17.1 Å². The van der Waals surface area contributed by atoms with Crippen LogP contribution < -0.4 is 0 Å². The van der Waals surface area contributed by atoms with Gasteiger partial charge >= 0.3 is 0 Å². The first-order valence-electron chi connectivity index (χ1n) is 8.65. The van der Waals surface area contributed by atoms with Gasteiger partial charge in [0.15, 0.2) is 11.6 Å². The molecule has 28 heavy (non-hydrogen) atoms. The molecule has 0 aliphatic heterocycles. The molecule has 0 aliphatic carbocycles. The van der Waals surface area contributed by atoms with Crippen molar-refractivity contribution in [2.75, 3.05) is 0 Å². The lowest BCUT2D eigenvalue weighted by atomic mass is 9.95. The van der Waals surface area contributed by atoms with Gasteiger partial charge in [-0.05, 0) is 60.2 Å². The Hall–Kier alpha value is -3.92. The molecule has 0 aliphatic rings. The molecule has 0 atom stereocenters. The van der Waals surface area contributed by atoms with Crippen molar-refractivity contribution in [3.8, 4) is 11.5 Å². The summed E-state index contributed by atoms with van der Waals surface area (Å²) in [6.07, 6.45) is 4.94. The molecule has 0 spiro atoms. The largest absolute Gasteiger partial charge is 0.508 e. The Labute approximate surface area is 162 Å². The standard InChI is InChI=1S/C24H18O4/c25-20-13-9-18(10-14-20)23(27)22(8-4-7-17-5-2-1-3-6-17)24(28)19-11-15-21(26)16-12-19/h1-16,25-26H/b7-4+. The van der Waals surface area contributed by atoms with E-state index in [4.69, 9.17) is 0 Å². The van der Waals surface area contributed by atoms with Crippen molar-refractivity contribution in [3.05, 3.63) is 113 Å². The number of Topliss-reactive ketones (excluding diaryl/α,β-unsaturated/α-hetero) is 2. The maximum atomic E-state index is 12.9. The van der Waals surface area contributed by atoms with Crippen LogP contribution >= 0.6 is 0 Å². The molecule has 138 valence electrons. The van der Waals surface area contributed by atoms with Crippen molar-refractivity contribution in [2.24, 2.45) is 0 Å². The van der Waals surface area contributed by atoms with Crippen LogP contribution in [0.15, 0.2) is 96.6 Å². The molecular formula is C24H18O4. The van der Waals surface area contributed by atoms with Gasteiger partial charge in [0.05, 0.1) is 5.57 Å². The molecule has 3 aromatic carbocycles. The van der Waals surface area contributed by atoms with E-state index in [0.29, 0.717) is 11.1 Å². The van der Waals surface area contributed by atoms with Crippen LogP contribution in [0.3, 0.4) is 0 Å². The van der Waals surface area contributed by atoms with E-state index in [1.807, 2.05) is 30.3 Å². The highest BCUT2D eigenvalue weighted by atomic mass is 16.3. The maximum Gasteiger partial charge on any atom is 0.196 e. The summed E-state index contributed by atoms with van der Waals surface area (Å²) in [6, 6.07) is 21.0. The van der Waals surface area contributed by atoms with Crippen LogP contribution in [-0.2, 0) is 0 Å². The summed E-state index contributed by atoms with van der Waals surface area (Å²) >= 11 is 0. The number of hydrogen-bond donors (Lipinski definition) is 2. The number of aromatic hydroxyl groups is 2. The van der Waals surface area contributed by atoms with Gasteiger partial charge in [-0.2, -0.15) is 0 Å². The Morgan fingerprint density at radius 1 is 0.643 bits per heavy atom. The number of allylic oxidation sites excluding steroid dienone is 3. The smallest absolute Gasteiger partial charge is 0.196 e. The number of carbonyl (C=O) groups is 2. The van der Waals surface area contributed by atoms with E-state index in [0.717, 1.165) is 5.56 Å². The van der Waals surface area contributed by atoms with Crippen LogP contribution in [0.25, 0.3) is 6.08 Å². The summed E-state index contributed by atoms with van der Waals surface area (Å²) in [6.45, 7) is 0. The molecule has 0 bridgehead atoms. The Morgan fingerprint density at radius 3 is 1.57 bits per heavy atom. The Kier molecular flexibility index (Phi) is 5.82. The third kappa shape index (κ3) is 4.62. The van der Waals surface area contributed by atoms with Crippen LogP contribution in [0.5, 0.6) is 11.5 Å². The van der Waals surface area contributed by atoms with E-state index < -0.39 is 11.6 Å². The number of hydrogen-bond acceptors (Lipinski definition) is 4. The second-order valence-electron chi connectivity index (χ2n) is 6.10. The molecule has 0 fully saturated rings. The fourth-order valence-corrected chi connectivity index (χ4v) is 2.61. The highest BCUT2D eigenvalue weighted by molar-refractivity contribution is 6.31. The van der Waals surface area contributed by atoms with Gasteiger partial charge in [-0.1, -0.05) is 42.5 Å². The van der Waals surface area contributed by atoms with E-state index in [1.165, 1.54) is 54.6 Å². The Bertz CT molecular complexity index is 969. The highest BCUT2D eigenvalue weighted by Gasteiger charge is 2.20. The normalized spacial score (nSPS) is 10.6. The molecule has 3 aromatic rings. The van der Waals surface area contributed by atoms with Crippen LogP contribution in [0.4, 0.5) is 0 Å². The molecule has 0 amide bonds. The third-order valence-electron chi connectivity index (χ3n) is 4.10. The molecule has 0 radical (unpaired) electrons. The topological polar surface area (TPSA) is 74.6 Å². The van der Waals surface area contributed by atoms with Gasteiger partial charge in [0.1, 0.15) is 11.5 Å². The maximum absolute atomic E-state index is 12.9. The molecule has 0 heterocycles. The molecule has 0 saturated heterocycles. The summed E-state index contributed by atoms with van der Waals surface area (Å²) in [5, 5.41) is 18.9. The van der Waals surface area contributed by atoms with Gasteiger partial charge in [-0.3, -0.25) is 9.59 Å². The summed E-state index contributed by atoms with van der Waals surface area (Å²) in [4.78, 5) is 25.9. The average Bonchev–Trinajstić information content (AvgIpc) is 2.72. The zero-order valence-electron chi connectivity index (χ0n) is 14.9. The predicted octanol–water partition coefficient (Wildman–Crippen LogP) is 4.80. The first-order chi connectivity index (χ1) is 13.5. The van der Waals surface area contributed by atoms with Crippen molar-refractivity contribution in [3.63, 3.8) is 0 Å². The van der Waals surface area contributed by atoms with Gasteiger partial charge in [-0.25, -0.2) is 0 Å². The minimum atomic E-state index is -0.448. The lowest BCUT2D eigenvalue weighted by molar-refractivity contribution is 0.0962. The fraction of sp³-hybridized carbons (Fsp3) is 0. The summed E-state index contributed by atoms with van der Waals surface area (Å²) < 4.78 is 0. The van der Waals surface area contributed by atoms with Gasteiger partial charge in [0.2, 0.25) is 0 Å². The SMILES string of the molecule is O=C(C(=C/C=C/c1ccccc1)C(=O)c1ccc(O)cc1)c1ccc(O)cc1. The summed E-state index contributed by atoms with van der Waals surface area (Å²) in [5.74, 6) is -0.821. The number of rotatable bonds is 6. The minimum Gasteiger partial charge on any atom is -0.508 e. The van der Waals surface area contributed by atoms with Crippen molar-refractivity contribution < 1.29 is 19.8 Å². The molecule has 3 rings (SSSR count). The van der Waals surface area contributed by atoms with Crippen molar-refractivity contribution in [2.45, 2.75) is 0 Å². The lowest BCUT2D eigenvalue weighted by Gasteiger charge is -2.06. The van der Waals surface area contributed by atoms with Crippen LogP contribution in [0.1, 0.15) is 26.3 Å². The van der Waals surface area contributed by atoms with E-state index in [2.05, 4.69) is 0 Å². The molecule has 0 unspecified atom stereocenters. The van der Waals surface area contributed by atoms with Gasteiger partial charge in [0, 0.05) is 11.1 Å². The average molecular weight is 370 g/mol. The number of benzene rings is 3. The zero-order valence-corrected chi connectivity index (χ0v) is 14.9. The number of phenolic OH excluding ortho intramolecular Hbond substituents is 2. The van der Waals surface area contributed by atoms with Gasteiger partial charge in [-0.15, -0.1) is 0 Å². The highest BCUT2D eigenvalue weighted by Crippen LogP contribution is 2.19. The number of phenols is 2. The van der Waals surface area contributed by atoms with Gasteiger partial charge in [0.25, 0.3) is 0 Å². The van der Waals surface area contributed by atoms with Crippen LogP contribution in [-0.4, -0.2) is 21.8 Å². The third-order valence-corrected chi connectivity index (χ3v) is 4.10. The molecule has 2 N–H and O–H groups in total. The second-order valence-corrected chi connectivity index (χ2v) is 6.10. The van der Waals surface area contributed by atoms with Crippen LogP contribution in [0.2, 0.25) is 0 Å². The van der Waals surface area contributed by atoms with E-state index in [1.54, 1.807) is 12.2 Å². The zero-order chi connectivity index (χ0) is 19.9. The number of carbonyl (C=O) groups excluding carboxylic acids is 2. The van der Waals surface area contributed by atoms with E-state index in [9.17, 15) is 19.8 Å². The van der Waals surface area contributed by atoms with Crippen molar-refractivity contribution in [1.82, 2.24) is 0 Å². The predicted molar refractivity (Wildman–Crippen MR) is 108 cm³/mol. The fourth-order valence-electron chi connectivity index (χ4n) is 2.61. The molecule has 4 heteroatoms. The van der Waals surface area contributed by atoms with Crippen molar-refractivity contribution in [1.29, 1.82) is 0 Å². The quantitative estimate of drug-likeness (QED) is 0.215. The molecule has 0 saturated carbocycles. The van der Waals surface area contributed by atoms with Crippen LogP contribution in [0, 0.1) is 0 Å². The Balaban J connectivity index is 1.97. The lowest BCUT2D eigenvalue weighted by Crippen LogP contribution is -2.13. The van der Waals surface area contributed by atoms with Gasteiger partial charge < -0.3 is 10.2 Å². The molecule has 4 nitrogen and oxygen atoms in total. The van der Waals surface area contributed by atoms with E-state index >= 15 is 0 Å². The first-order valence-corrected chi connectivity index (χ1v) is 8.65. The minimum absolute atomic E-state index is 0.0106. The Morgan fingerprint density at radius 2 is 1.11 bits per heavy atom. The number of ketones is 2. The first kappa shape index (κ1) is 18.9. The second kappa shape index (κ2) is 8.64.